The van der Waals surface area contributed by atoms with Crippen molar-refractivity contribution in [2.45, 2.75) is 32.2 Å². The standard InChI is InChI=1S/C9H19NOSSi/c1-8(9(10)11)4-2-5-12-6-3-7-13/h8H,2-7,13H2,1H3,(H-,10,11)/p+1. The van der Waals surface area contributed by atoms with E-state index in [2.05, 4.69) is 0 Å². The molecule has 0 aromatic rings. The summed E-state index contributed by atoms with van der Waals surface area (Å²) in [6.45, 7) is 1.90. The Balaban J connectivity index is 3.11. The Morgan fingerprint density at radius 3 is 2.62 bits per heavy atom. The maximum atomic E-state index is 10.7. The van der Waals surface area contributed by atoms with Crippen LogP contribution in [0.4, 0.5) is 0 Å². The van der Waals surface area contributed by atoms with Gasteiger partial charge in [-0.25, -0.2) is 0 Å². The van der Waals surface area contributed by atoms with Gasteiger partial charge < -0.3 is 5.73 Å². The van der Waals surface area contributed by atoms with E-state index in [1.54, 1.807) is 0 Å². The molecule has 0 bridgehead atoms. The molecule has 0 aromatic carbocycles. The van der Waals surface area contributed by atoms with Crippen LogP contribution in [0.3, 0.4) is 0 Å². The normalized spacial score (nSPS) is 12.7. The minimum atomic E-state index is -0.167. The molecule has 0 spiro atoms. The first-order valence-corrected chi connectivity index (χ1v) is 7.00. The van der Waals surface area contributed by atoms with Crippen LogP contribution in [0.1, 0.15) is 26.2 Å². The molecule has 0 aliphatic rings. The number of amides is 1. The monoisotopic (exact) mass is 218 g/mol. The highest BCUT2D eigenvalue weighted by Gasteiger charge is 2.06. The van der Waals surface area contributed by atoms with E-state index in [9.17, 15) is 4.79 Å². The number of carbonyl (C=O) groups excluding carboxylic acids is 1. The molecule has 2 nitrogen and oxygen atoms in total. The lowest BCUT2D eigenvalue weighted by atomic mass is 10.1. The quantitative estimate of drug-likeness (QED) is 0.489. The van der Waals surface area contributed by atoms with Gasteiger partial charge in [0, 0.05) is 5.92 Å². The van der Waals surface area contributed by atoms with Crippen LogP contribution in [0.2, 0.25) is 6.04 Å². The van der Waals surface area contributed by atoms with E-state index < -0.39 is 0 Å². The Bertz CT molecular complexity index is 144. The summed E-state index contributed by atoms with van der Waals surface area (Å²) in [5.41, 5.74) is 5.15. The third-order valence-electron chi connectivity index (χ3n) is 1.95. The molecule has 0 aromatic heterocycles. The molecule has 2 N–H and O–H groups in total. The predicted molar refractivity (Wildman–Crippen MR) is 62.9 cm³/mol. The third-order valence-corrected chi connectivity index (χ3v) is 3.60. The maximum Gasteiger partial charge on any atom is 0.283 e. The Morgan fingerprint density at radius 1 is 1.46 bits per heavy atom. The van der Waals surface area contributed by atoms with Gasteiger partial charge in [0.25, 0.3) is 10.2 Å². The van der Waals surface area contributed by atoms with E-state index >= 15 is 0 Å². The fourth-order valence-corrected chi connectivity index (χ4v) is 2.54. The highest BCUT2D eigenvalue weighted by Crippen LogP contribution is 2.11. The molecule has 1 unspecified atom stereocenters. The first-order valence-electron chi connectivity index (χ1n) is 4.84. The molecule has 0 rings (SSSR count). The summed E-state index contributed by atoms with van der Waals surface area (Å²) in [5, 5.41) is 0. The van der Waals surface area contributed by atoms with E-state index in [0.717, 1.165) is 12.8 Å². The van der Waals surface area contributed by atoms with Crippen LogP contribution >= 0.6 is 11.8 Å². The lowest BCUT2D eigenvalue weighted by Gasteiger charge is -2.05. The van der Waals surface area contributed by atoms with Gasteiger partial charge in [0.1, 0.15) is 0 Å². The minimum Gasteiger partial charge on any atom is -0.369 e. The lowest BCUT2D eigenvalue weighted by molar-refractivity contribution is -0.121. The molecular formula is C9H20NOSSi+. The van der Waals surface area contributed by atoms with Gasteiger partial charge in [0.15, 0.2) is 0 Å². The molecule has 0 aliphatic heterocycles. The topological polar surface area (TPSA) is 43.1 Å². The molecule has 13 heavy (non-hydrogen) atoms. The number of thioether (sulfide) groups is 1. The van der Waals surface area contributed by atoms with Crippen LogP contribution in [-0.2, 0) is 4.79 Å². The van der Waals surface area contributed by atoms with E-state index in [-0.39, 0.29) is 11.8 Å². The maximum absolute atomic E-state index is 10.7. The second-order valence-corrected chi connectivity index (χ2v) is 5.20. The van der Waals surface area contributed by atoms with Gasteiger partial charge in [-0.05, 0) is 30.8 Å². The molecule has 1 amide bonds. The number of primary amides is 1. The fourth-order valence-electron chi connectivity index (χ4n) is 0.940. The largest absolute Gasteiger partial charge is 0.369 e. The van der Waals surface area contributed by atoms with Crippen molar-refractivity contribution in [1.29, 1.82) is 0 Å². The fraction of sp³-hybridized carbons (Fsp3) is 0.889. The van der Waals surface area contributed by atoms with Gasteiger partial charge in [0.05, 0.1) is 6.04 Å². The molecule has 0 saturated carbocycles. The summed E-state index contributed by atoms with van der Waals surface area (Å²) in [7, 11) is 2.03. The molecule has 1 atom stereocenters. The molecule has 0 radical (unpaired) electrons. The van der Waals surface area contributed by atoms with Crippen LogP contribution < -0.4 is 5.73 Å². The van der Waals surface area contributed by atoms with Gasteiger partial charge in [-0.1, -0.05) is 6.92 Å². The number of hydrogen-bond donors (Lipinski definition) is 1. The van der Waals surface area contributed by atoms with Crippen molar-refractivity contribution in [2.75, 3.05) is 11.5 Å². The van der Waals surface area contributed by atoms with Crippen molar-refractivity contribution in [1.82, 2.24) is 0 Å². The number of rotatable bonds is 8. The average Bonchev–Trinajstić information content (AvgIpc) is 2.10. The summed E-state index contributed by atoms with van der Waals surface area (Å²) in [6.07, 6.45) is 3.37. The van der Waals surface area contributed by atoms with Crippen molar-refractivity contribution >= 4 is 27.9 Å². The van der Waals surface area contributed by atoms with Crippen LogP contribution in [0.5, 0.6) is 0 Å². The highest BCUT2D eigenvalue weighted by molar-refractivity contribution is 7.99. The average molecular weight is 218 g/mol. The minimum absolute atomic E-state index is 0.0493. The Kier molecular flexibility index (Phi) is 8.65. The summed E-state index contributed by atoms with van der Waals surface area (Å²) in [4.78, 5) is 10.7. The van der Waals surface area contributed by atoms with Crippen LogP contribution in [0.25, 0.3) is 0 Å². The second kappa shape index (κ2) is 8.63. The van der Waals surface area contributed by atoms with Crippen LogP contribution in [0, 0.1) is 5.92 Å². The molecular weight excluding hydrogens is 198 g/mol. The molecule has 76 valence electrons. The Morgan fingerprint density at radius 2 is 2.08 bits per heavy atom. The molecule has 0 aliphatic carbocycles. The van der Waals surface area contributed by atoms with Crippen LogP contribution in [0.15, 0.2) is 0 Å². The summed E-state index contributed by atoms with van der Waals surface area (Å²) < 4.78 is 0. The van der Waals surface area contributed by atoms with Gasteiger partial charge in [0.2, 0.25) is 5.91 Å². The SMILES string of the molecule is CC(CCCSCCC[SiH2+])C(N)=O. The zero-order chi connectivity index (χ0) is 10.1. The van der Waals surface area contributed by atoms with E-state index in [1.807, 2.05) is 28.9 Å². The molecule has 0 heterocycles. The Hall–Kier alpha value is 0.0369. The summed E-state index contributed by atoms with van der Waals surface area (Å²) in [5.74, 6) is 2.31. The number of hydrogen-bond acceptors (Lipinski definition) is 2. The Labute approximate surface area is 88.5 Å². The van der Waals surface area contributed by atoms with Crippen LogP contribution in [-0.4, -0.2) is 27.7 Å². The lowest BCUT2D eigenvalue weighted by Crippen LogP contribution is -2.20. The van der Waals surface area contributed by atoms with Crippen molar-refractivity contribution < 1.29 is 4.79 Å². The van der Waals surface area contributed by atoms with Crippen molar-refractivity contribution in [2.24, 2.45) is 11.7 Å². The smallest absolute Gasteiger partial charge is 0.283 e. The van der Waals surface area contributed by atoms with Crippen molar-refractivity contribution in [3.63, 3.8) is 0 Å². The highest BCUT2D eigenvalue weighted by atomic mass is 32.2. The molecule has 0 fully saturated rings. The van der Waals surface area contributed by atoms with E-state index in [1.165, 1.54) is 24.0 Å². The van der Waals surface area contributed by atoms with Gasteiger partial charge >= 0.3 is 0 Å². The van der Waals surface area contributed by atoms with E-state index in [0.29, 0.717) is 0 Å². The first-order chi connectivity index (χ1) is 6.18. The van der Waals surface area contributed by atoms with Crippen molar-refractivity contribution in [3.8, 4) is 0 Å². The second-order valence-electron chi connectivity index (χ2n) is 3.27. The summed E-state index contributed by atoms with van der Waals surface area (Å²) >= 11 is 1.98. The zero-order valence-corrected chi connectivity index (χ0v) is 10.7. The summed E-state index contributed by atoms with van der Waals surface area (Å²) in [6, 6.07) is 1.30. The first kappa shape index (κ1) is 13.0. The molecule has 4 heteroatoms. The van der Waals surface area contributed by atoms with Gasteiger partial charge in [-0.2, -0.15) is 11.8 Å². The number of carbonyl (C=O) groups is 1. The van der Waals surface area contributed by atoms with E-state index in [4.69, 9.17) is 5.73 Å². The number of nitrogens with two attached hydrogens (primary N) is 1. The zero-order valence-electron chi connectivity index (χ0n) is 8.42. The molecule has 0 saturated heterocycles. The van der Waals surface area contributed by atoms with Gasteiger partial charge in [-0.15, -0.1) is 0 Å². The van der Waals surface area contributed by atoms with Crippen molar-refractivity contribution in [3.05, 3.63) is 0 Å². The van der Waals surface area contributed by atoms with Gasteiger partial charge in [-0.3, -0.25) is 4.79 Å². The third kappa shape index (κ3) is 8.37. The predicted octanol–water partition coefficient (Wildman–Crippen LogP) is 1.06.